The highest BCUT2D eigenvalue weighted by molar-refractivity contribution is 5.76. The summed E-state index contributed by atoms with van der Waals surface area (Å²) in [5.74, 6) is -0.619. The Labute approximate surface area is 307 Å². The van der Waals surface area contributed by atoms with E-state index in [1.807, 2.05) is 60.4 Å². The average Bonchev–Trinajstić information content (AvgIpc) is 3.36. The number of nitrogens with one attached hydrogen (secondary N) is 1. The van der Waals surface area contributed by atoms with Crippen LogP contribution in [0.25, 0.3) is 39.1 Å². The van der Waals surface area contributed by atoms with Crippen molar-refractivity contribution in [3.63, 3.8) is 0 Å². The summed E-state index contributed by atoms with van der Waals surface area (Å²) in [6.45, 7) is 5.05. The van der Waals surface area contributed by atoms with Crippen LogP contribution in [-0.2, 0) is 24.9 Å². The summed E-state index contributed by atoms with van der Waals surface area (Å²) in [5, 5.41) is 8.29. The summed E-state index contributed by atoms with van der Waals surface area (Å²) in [6.07, 6.45) is 6.84. The first-order chi connectivity index (χ1) is 25.9. The smallest absolute Gasteiger partial charge is 0.337 e. The van der Waals surface area contributed by atoms with Crippen LogP contribution >= 0.6 is 0 Å². The molecule has 6 aromatic rings. The zero-order valence-electron chi connectivity index (χ0n) is 30.0. The van der Waals surface area contributed by atoms with Crippen LogP contribution < -0.4 is 16.6 Å². The standard InChI is InChI=1S/C42H44FN7O3/c1-47-39(31-7-3-2-4-8-31)33(26-46-47)25-44-35-15-17-36(18-16-35)50-41(51)38-24-34(43)27-45-40(38)49(42(50)52)37-10-5-9-32(23-37)30-13-11-29(12-14-30)28-48-19-6-21-53-22-20-48/h2-5,7-14,23-24,26-27,35-36,44H,6,15-22,25,28H2,1H3. The van der Waals surface area contributed by atoms with E-state index in [1.165, 1.54) is 20.8 Å². The first kappa shape index (κ1) is 34.8. The first-order valence-corrected chi connectivity index (χ1v) is 18.6. The molecule has 8 rings (SSSR count). The molecule has 2 aliphatic rings. The fourth-order valence-electron chi connectivity index (χ4n) is 7.95. The van der Waals surface area contributed by atoms with Gasteiger partial charge in [-0.2, -0.15) is 5.10 Å². The van der Waals surface area contributed by atoms with Crippen molar-refractivity contribution in [3.8, 4) is 28.1 Å². The van der Waals surface area contributed by atoms with E-state index >= 15 is 0 Å². The number of rotatable bonds is 9. The Morgan fingerprint density at radius 1 is 0.849 bits per heavy atom. The van der Waals surface area contributed by atoms with Crippen LogP contribution in [0.5, 0.6) is 0 Å². The van der Waals surface area contributed by atoms with Crippen LogP contribution in [0.4, 0.5) is 4.39 Å². The summed E-state index contributed by atoms with van der Waals surface area (Å²) >= 11 is 0. The predicted molar refractivity (Wildman–Crippen MR) is 204 cm³/mol. The largest absolute Gasteiger partial charge is 0.380 e. The highest BCUT2D eigenvalue weighted by Gasteiger charge is 2.27. The van der Waals surface area contributed by atoms with E-state index in [1.54, 1.807) is 0 Å². The van der Waals surface area contributed by atoms with Crippen LogP contribution in [0.2, 0.25) is 0 Å². The fourth-order valence-corrected chi connectivity index (χ4v) is 7.95. The SMILES string of the molecule is Cn1ncc(CNC2CCC(n3c(=O)c4cc(F)cnc4n(-c4cccc(-c5ccc(CN6CCCOCC6)cc5)c4)c3=O)CC2)c1-c1ccccc1. The zero-order valence-corrected chi connectivity index (χ0v) is 30.0. The van der Waals surface area contributed by atoms with E-state index in [0.29, 0.717) is 25.1 Å². The van der Waals surface area contributed by atoms with Crippen molar-refractivity contribution in [2.45, 2.75) is 57.3 Å². The number of pyridine rings is 1. The number of hydrogen-bond donors (Lipinski definition) is 1. The van der Waals surface area contributed by atoms with Gasteiger partial charge in [0.15, 0.2) is 5.65 Å². The number of ether oxygens (including phenoxy) is 1. The van der Waals surface area contributed by atoms with Crippen molar-refractivity contribution in [3.05, 3.63) is 135 Å². The average molecular weight is 714 g/mol. The van der Waals surface area contributed by atoms with Crippen LogP contribution in [0.3, 0.4) is 0 Å². The van der Waals surface area contributed by atoms with Crippen molar-refractivity contribution in [1.82, 2.24) is 34.1 Å². The molecule has 0 amide bonds. The van der Waals surface area contributed by atoms with Gasteiger partial charge in [0.25, 0.3) is 5.56 Å². The lowest BCUT2D eigenvalue weighted by atomic mass is 9.90. The van der Waals surface area contributed by atoms with E-state index in [9.17, 15) is 14.0 Å². The molecule has 0 radical (unpaired) electrons. The Kier molecular flexibility index (Phi) is 10.1. The van der Waals surface area contributed by atoms with Gasteiger partial charge < -0.3 is 10.1 Å². The molecule has 272 valence electrons. The third-order valence-corrected chi connectivity index (χ3v) is 10.7. The maximum Gasteiger partial charge on any atom is 0.337 e. The van der Waals surface area contributed by atoms with E-state index in [-0.39, 0.29) is 23.1 Å². The Morgan fingerprint density at radius 3 is 2.45 bits per heavy atom. The molecule has 0 spiro atoms. The van der Waals surface area contributed by atoms with Gasteiger partial charge >= 0.3 is 5.69 Å². The molecular weight excluding hydrogens is 670 g/mol. The number of fused-ring (bicyclic) bond motifs is 1. The number of hydrogen-bond acceptors (Lipinski definition) is 7. The first-order valence-electron chi connectivity index (χ1n) is 18.6. The molecule has 3 aromatic carbocycles. The van der Waals surface area contributed by atoms with E-state index in [4.69, 9.17) is 4.74 Å². The molecule has 1 aliphatic carbocycles. The quantitative estimate of drug-likeness (QED) is 0.189. The molecule has 1 aliphatic heterocycles. The summed E-state index contributed by atoms with van der Waals surface area (Å²) in [7, 11) is 1.95. The fraction of sp³-hybridized carbons (Fsp3) is 0.333. The highest BCUT2D eigenvalue weighted by atomic mass is 19.1. The third-order valence-electron chi connectivity index (χ3n) is 10.7. The molecule has 10 nitrogen and oxygen atoms in total. The second-order valence-corrected chi connectivity index (χ2v) is 14.2. The van der Waals surface area contributed by atoms with Crippen molar-refractivity contribution in [2.24, 2.45) is 7.05 Å². The van der Waals surface area contributed by atoms with Gasteiger partial charge in [-0.05, 0) is 67.0 Å². The molecule has 2 fully saturated rings. The predicted octanol–water partition coefficient (Wildman–Crippen LogP) is 6.25. The normalized spacial score (nSPS) is 18.3. The number of nitrogens with zero attached hydrogens (tertiary/aromatic N) is 6. The lowest BCUT2D eigenvalue weighted by Gasteiger charge is -2.30. The van der Waals surface area contributed by atoms with Gasteiger partial charge in [-0.15, -0.1) is 0 Å². The molecular formula is C42H44FN7O3. The molecule has 0 bridgehead atoms. The van der Waals surface area contributed by atoms with E-state index in [0.717, 1.165) is 86.3 Å². The minimum Gasteiger partial charge on any atom is -0.380 e. The number of benzene rings is 3. The van der Waals surface area contributed by atoms with Crippen molar-refractivity contribution in [1.29, 1.82) is 0 Å². The van der Waals surface area contributed by atoms with Gasteiger partial charge in [-0.1, -0.05) is 66.7 Å². The number of halogens is 1. The van der Waals surface area contributed by atoms with Crippen LogP contribution in [0.1, 0.15) is 49.3 Å². The van der Waals surface area contributed by atoms with Crippen molar-refractivity contribution < 1.29 is 9.13 Å². The molecule has 4 heterocycles. The Balaban J connectivity index is 1.03. The summed E-state index contributed by atoms with van der Waals surface area (Å²) in [6, 6.07) is 27.5. The minimum absolute atomic E-state index is 0.0866. The van der Waals surface area contributed by atoms with E-state index in [2.05, 4.69) is 56.7 Å². The lowest BCUT2D eigenvalue weighted by Crippen LogP contribution is -2.44. The van der Waals surface area contributed by atoms with Gasteiger partial charge in [0.05, 0.1) is 35.8 Å². The maximum atomic E-state index is 14.6. The summed E-state index contributed by atoms with van der Waals surface area (Å²) in [5.41, 5.74) is 6.22. The molecule has 0 atom stereocenters. The summed E-state index contributed by atoms with van der Waals surface area (Å²) in [4.78, 5) is 35.1. The molecule has 0 unspecified atom stereocenters. The topological polar surface area (TPSA) is 99.2 Å². The monoisotopic (exact) mass is 713 g/mol. The Hall–Kier alpha value is -5.23. The van der Waals surface area contributed by atoms with E-state index < -0.39 is 17.1 Å². The van der Waals surface area contributed by atoms with Gasteiger partial charge in [0, 0.05) is 63.0 Å². The molecule has 1 saturated carbocycles. The highest BCUT2D eigenvalue weighted by Crippen LogP contribution is 2.30. The molecule has 1 N–H and O–H groups in total. The van der Waals surface area contributed by atoms with Crippen LogP contribution in [0, 0.1) is 5.82 Å². The minimum atomic E-state index is -0.619. The Bertz CT molecular complexity index is 2320. The molecule has 1 saturated heterocycles. The maximum absolute atomic E-state index is 14.6. The van der Waals surface area contributed by atoms with Gasteiger partial charge in [-0.3, -0.25) is 18.9 Å². The van der Waals surface area contributed by atoms with Gasteiger partial charge in [-0.25, -0.2) is 18.7 Å². The summed E-state index contributed by atoms with van der Waals surface area (Å²) < 4.78 is 24.9. The molecule has 53 heavy (non-hydrogen) atoms. The second-order valence-electron chi connectivity index (χ2n) is 14.2. The van der Waals surface area contributed by atoms with Crippen molar-refractivity contribution >= 4 is 11.0 Å². The van der Waals surface area contributed by atoms with Crippen molar-refractivity contribution in [2.75, 3.05) is 26.3 Å². The Morgan fingerprint density at radius 2 is 1.64 bits per heavy atom. The second kappa shape index (κ2) is 15.4. The number of aromatic nitrogens is 5. The molecule has 3 aromatic heterocycles. The van der Waals surface area contributed by atoms with Crippen LogP contribution in [0.15, 0.2) is 107 Å². The lowest BCUT2D eigenvalue weighted by molar-refractivity contribution is 0.140. The van der Waals surface area contributed by atoms with Gasteiger partial charge in [0.2, 0.25) is 0 Å². The number of aryl methyl sites for hydroxylation is 1. The molecule has 11 heteroatoms. The van der Waals surface area contributed by atoms with Gasteiger partial charge in [0.1, 0.15) is 5.82 Å². The third kappa shape index (κ3) is 7.37. The van der Waals surface area contributed by atoms with Crippen LogP contribution in [-0.4, -0.2) is 61.1 Å². The zero-order chi connectivity index (χ0) is 36.3.